The number of aromatic nitrogens is 5. The number of nitrogens with zero attached hydrogens (tertiary/aromatic N) is 5. The van der Waals surface area contributed by atoms with Crippen molar-refractivity contribution in [1.29, 1.82) is 0 Å². The van der Waals surface area contributed by atoms with Gasteiger partial charge in [0.05, 0.1) is 6.54 Å². The number of rotatable bonds is 4. The second-order valence-electron chi connectivity index (χ2n) is 8.35. The van der Waals surface area contributed by atoms with Crippen molar-refractivity contribution in [2.75, 3.05) is 0 Å². The fourth-order valence-corrected chi connectivity index (χ4v) is 4.54. The van der Waals surface area contributed by atoms with Gasteiger partial charge in [-0.05, 0) is 56.7 Å². The van der Waals surface area contributed by atoms with Gasteiger partial charge in [-0.25, -0.2) is 4.79 Å². The Kier molecular flexibility index (Phi) is 5.06. The van der Waals surface area contributed by atoms with Crippen LogP contribution in [0, 0.1) is 13.8 Å². The molecule has 0 spiro atoms. The smallest absolute Gasteiger partial charge is 0.295 e. The zero-order chi connectivity index (χ0) is 24.3. The first kappa shape index (κ1) is 21.9. The van der Waals surface area contributed by atoms with E-state index in [1.807, 2.05) is 36.6 Å². The number of hydrogen-bond donors (Lipinski definition) is 0. The molecule has 5 rings (SSSR count). The fraction of sp³-hybridized carbons (Fsp3) is 0.200. The lowest BCUT2D eigenvalue weighted by Gasteiger charge is -2.10. The SMILES string of the molecule is CC(=O)c1ccc(-n2c(C)c(C)n3c4c(=O)n(Cc5ccccc5Cl)c(=O)n(C)c4nc23)cc1. The zero-order valence-corrected chi connectivity index (χ0v) is 19.9. The van der Waals surface area contributed by atoms with Gasteiger partial charge in [-0.15, -0.1) is 0 Å². The molecule has 0 saturated carbocycles. The van der Waals surface area contributed by atoms with Gasteiger partial charge in [0.15, 0.2) is 16.9 Å². The highest BCUT2D eigenvalue weighted by Gasteiger charge is 2.23. The number of aryl methyl sites for hydroxylation is 2. The third-order valence-corrected chi connectivity index (χ3v) is 6.71. The first-order valence-corrected chi connectivity index (χ1v) is 11.1. The van der Waals surface area contributed by atoms with Crippen molar-refractivity contribution in [2.45, 2.75) is 27.3 Å². The third-order valence-electron chi connectivity index (χ3n) is 6.34. The molecule has 3 heterocycles. The molecule has 9 heteroatoms. The van der Waals surface area contributed by atoms with Gasteiger partial charge in [0.1, 0.15) is 0 Å². The van der Waals surface area contributed by atoms with E-state index < -0.39 is 11.2 Å². The average Bonchev–Trinajstić information content (AvgIpc) is 3.32. The summed E-state index contributed by atoms with van der Waals surface area (Å²) in [5, 5.41) is 0.488. The maximum atomic E-state index is 13.6. The van der Waals surface area contributed by atoms with Crippen molar-refractivity contribution in [3.05, 3.63) is 96.9 Å². The van der Waals surface area contributed by atoms with Crippen LogP contribution in [0.5, 0.6) is 0 Å². The Balaban J connectivity index is 1.80. The van der Waals surface area contributed by atoms with Gasteiger partial charge >= 0.3 is 5.69 Å². The molecule has 0 atom stereocenters. The van der Waals surface area contributed by atoms with E-state index in [2.05, 4.69) is 0 Å². The number of Topliss-reactive ketones (excluding diaryl/α,β-unsaturated/α-hetero) is 1. The monoisotopic (exact) mass is 475 g/mol. The van der Waals surface area contributed by atoms with Crippen molar-refractivity contribution < 1.29 is 4.79 Å². The van der Waals surface area contributed by atoms with Gasteiger partial charge in [0.25, 0.3) is 5.56 Å². The topological polar surface area (TPSA) is 83.3 Å². The van der Waals surface area contributed by atoms with E-state index in [9.17, 15) is 14.4 Å². The van der Waals surface area contributed by atoms with Crippen LogP contribution in [-0.2, 0) is 13.6 Å². The van der Waals surface area contributed by atoms with Crippen LogP contribution < -0.4 is 11.2 Å². The molecule has 3 aromatic heterocycles. The van der Waals surface area contributed by atoms with Crippen LogP contribution in [0.3, 0.4) is 0 Å². The Morgan fingerprint density at radius 2 is 1.68 bits per heavy atom. The summed E-state index contributed by atoms with van der Waals surface area (Å²) in [4.78, 5) is 43.1. The van der Waals surface area contributed by atoms with Gasteiger partial charge in [0.2, 0.25) is 5.78 Å². The molecule has 0 amide bonds. The first-order chi connectivity index (χ1) is 16.2. The van der Waals surface area contributed by atoms with Crippen LogP contribution in [-0.4, -0.2) is 28.9 Å². The number of benzene rings is 2. The minimum Gasteiger partial charge on any atom is -0.295 e. The Labute approximate surface area is 199 Å². The second kappa shape index (κ2) is 7.85. The normalized spacial score (nSPS) is 11.6. The van der Waals surface area contributed by atoms with E-state index in [1.165, 1.54) is 16.1 Å². The highest BCUT2D eigenvalue weighted by atomic mass is 35.5. The van der Waals surface area contributed by atoms with Gasteiger partial charge in [-0.2, -0.15) is 4.98 Å². The molecule has 34 heavy (non-hydrogen) atoms. The third kappa shape index (κ3) is 3.13. The minimum absolute atomic E-state index is 0.0160. The average molecular weight is 476 g/mol. The quantitative estimate of drug-likeness (QED) is 0.371. The molecule has 0 saturated heterocycles. The maximum Gasteiger partial charge on any atom is 0.332 e. The summed E-state index contributed by atoms with van der Waals surface area (Å²) in [6.45, 7) is 5.43. The lowest BCUT2D eigenvalue weighted by molar-refractivity contribution is 0.101. The van der Waals surface area contributed by atoms with E-state index in [4.69, 9.17) is 16.6 Å². The highest BCUT2D eigenvalue weighted by molar-refractivity contribution is 6.31. The first-order valence-electron chi connectivity index (χ1n) is 10.8. The molecule has 2 aromatic carbocycles. The molecule has 0 aliphatic heterocycles. The van der Waals surface area contributed by atoms with Crippen LogP contribution in [0.15, 0.2) is 58.1 Å². The number of hydrogen-bond acceptors (Lipinski definition) is 4. The molecule has 0 fully saturated rings. The van der Waals surface area contributed by atoms with Crippen molar-refractivity contribution in [3.8, 4) is 5.69 Å². The Morgan fingerprint density at radius 1 is 1.00 bits per heavy atom. The molecular weight excluding hydrogens is 454 g/mol. The molecule has 0 bridgehead atoms. The maximum absolute atomic E-state index is 13.6. The fourth-order valence-electron chi connectivity index (χ4n) is 4.34. The Hall–Kier alpha value is -3.91. The molecule has 172 valence electrons. The van der Waals surface area contributed by atoms with Gasteiger partial charge in [-0.3, -0.25) is 27.7 Å². The summed E-state index contributed by atoms with van der Waals surface area (Å²) in [5.74, 6) is 0.501. The summed E-state index contributed by atoms with van der Waals surface area (Å²) in [5.41, 5.74) is 3.54. The number of ketones is 1. The molecule has 5 aromatic rings. The van der Waals surface area contributed by atoms with Gasteiger partial charge in [-0.1, -0.05) is 29.8 Å². The number of imidazole rings is 2. The Bertz CT molecular complexity index is 1740. The molecular formula is C25H22ClN5O3. The van der Waals surface area contributed by atoms with Crippen LogP contribution in [0.1, 0.15) is 34.2 Å². The summed E-state index contributed by atoms with van der Waals surface area (Å²) >= 11 is 6.29. The summed E-state index contributed by atoms with van der Waals surface area (Å²) in [7, 11) is 1.60. The van der Waals surface area contributed by atoms with E-state index in [1.54, 1.807) is 41.8 Å². The summed E-state index contributed by atoms with van der Waals surface area (Å²) in [6.07, 6.45) is 0. The molecule has 8 nitrogen and oxygen atoms in total. The van der Waals surface area contributed by atoms with Crippen molar-refractivity contribution in [1.82, 2.24) is 23.1 Å². The van der Waals surface area contributed by atoms with E-state index in [-0.39, 0.29) is 12.3 Å². The van der Waals surface area contributed by atoms with Gasteiger partial charge < -0.3 is 0 Å². The van der Waals surface area contributed by atoms with Crippen LogP contribution in [0.2, 0.25) is 5.02 Å². The largest absolute Gasteiger partial charge is 0.332 e. The second-order valence-corrected chi connectivity index (χ2v) is 8.76. The van der Waals surface area contributed by atoms with E-state index >= 15 is 0 Å². The summed E-state index contributed by atoms with van der Waals surface area (Å²) < 4.78 is 6.28. The molecule has 0 unspecified atom stereocenters. The number of halogens is 1. The van der Waals surface area contributed by atoms with Crippen molar-refractivity contribution in [2.24, 2.45) is 7.05 Å². The molecule has 0 aliphatic rings. The van der Waals surface area contributed by atoms with E-state index in [0.29, 0.717) is 33.1 Å². The summed E-state index contributed by atoms with van der Waals surface area (Å²) in [6, 6.07) is 14.4. The molecule has 0 N–H and O–H groups in total. The van der Waals surface area contributed by atoms with Crippen molar-refractivity contribution >= 4 is 34.3 Å². The lowest BCUT2D eigenvalue weighted by atomic mass is 10.1. The minimum atomic E-state index is -0.468. The predicted octanol–water partition coefficient (Wildman–Crippen LogP) is 3.66. The lowest BCUT2D eigenvalue weighted by Crippen LogP contribution is -2.39. The predicted molar refractivity (Wildman–Crippen MR) is 132 cm³/mol. The van der Waals surface area contributed by atoms with Crippen LogP contribution >= 0.6 is 11.6 Å². The zero-order valence-electron chi connectivity index (χ0n) is 19.2. The number of carbonyl (C=O) groups is 1. The number of carbonyl (C=O) groups excluding carboxylic acids is 1. The van der Waals surface area contributed by atoms with E-state index in [0.717, 1.165) is 17.1 Å². The van der Waals surface area contributed by atoms with Crippen LogP contribution in [0.4, 0.5) is 0 Å². The van der Waals surface area contributed by atoms with Gasteiger partial charge in [0, 0.05) is 34.7 Å². The van der Waals surface area contributed by atoms with Crippen LogP contribution in [0.25, 0.3) is 22.6 Å². The number of fused-ring (bicyclic) bond motifs is 3. The standard InChI is InChI=1S/C25H22ClN5O3/c1-14-15(2)31-21-22(27-24(31)30(14)19-11-9-17(10-12-19)16(3)32)28(4)25(34)29(23(21)33)13-18-7-5-6-8-20(18)26/h5-12H,13H2,1-4H3. The highest BCUT2D eigenvalue weighted by Crippen LogP contribution is 2.25. The van der Waals surface area contributed by atoms with Crippen molar-refractivity contribution in [3.63, 3.8) is 0 Å². The Morgan fingerprint density at radius 3 is 2.32 bits per heavy atom. The molecule has 0 aliphatic carbocycles. The molecule has 0 radical (unpaired) electrons.